The number of hydrazone groups is 1. The SMILES string of the molecule is O=C(N/N=C/c1ccc(F)cc1)C(c1ccccc1)c1ccccc1. The van der Waals surface area contributed by atoms with E-state index in [0.717, 1.165) is 11.1 Å². The van der Waals surface area contributed by atoms with Gasteiger partial charge >= 0.3 is 0 Å². The molecule has 0 radical (unpaired) electrons. The highest BCUT2D eigenvalue weighted by Crippen LogP contribution is 2.24. The smallest absolute Gasteiger partial charge is 0.252 e. The van der Waals surface area contributed by atoms with Crippen molar-refractivity contribution in [1.82, 2.24) is 5.43 Å². The van der Waals surface area contributed by atoms with Crippen molar-refractivity contribution in [3.05, 3.63) is 107 Å². The molecule has 0 heterocycles. The van der Waals surface area contributed by atoms with Gasteiger partial charge in [-0.3, -0.25) is 4.79 Å². The monoisotopic (exact) mass is 332 g/mol. The van der Waals surface area contributed by atoms with Crippen molar-refractivity contribution in [1.29, 1.82) is 0 Å². The van der Waals surface area contributed by atoms with Gasteiger partial charge in [0.05, 0.1) is 12.1 Å². The summed E-state index contributed by atoms with van der Waals surface area (Å²) in [5, 5.41) is 4.00. The van der Waals surface area contributed by atoms with E-state index in [1.807, 2.05) is 60.7 Å². The molecule has 3 rings (SSSR count). The zero-order valence-corrected chi connectivity index (χ0v) is 13.5. The highest BCUT2D eigenvalue weighted by molar-refractivity contribution is 5.88. The lowest BCUT2D eigenvalue weighted by Gasteiger charge is -2.16. The number of amides is 1. The van der Waals surface area contributed by atoms with Gasteiger partial charge in [0.15, 0.2) is 0 Å². The molecule has 124 valence electrons. The van der Waals surface area contributed by atoms with Crippen molar-refractivity contribution >= 4 is 12.1 Å². The Kier molecular flexibility index (Phi) is 5.32. The first-order chi connectivity index (χ1) is 12.2. The van der Waals surface area contributed by atoms with Gasteiger partial charge in [-0.1, -0.05) is 72.8 Å². The summed E-state index contributed by atoms with van der Waals surface area (Å²) in [6.45, 7) is 0. The van der Waals surface area contributed by atoms with Crippen LogP contribution in [0.5, 0.6) is 0 Å². The second-order valence-electron chi connectivity index (χ2n) is 5.54. The molecule has 0 atom stereocenters. The number of carbonyl (C=O) groups excluding carboxylic acids is 1. The van der Waals surface area contributed by atoms with Crippen LogP contribution in [0.15, 0.2) is 90.0 Å². The van der Waals surface area contributed by atoms with Crippen LogP contribution in [0, 0.1) is 5.82 Å². The summed E-state index contributed by atoms with van der Waals surface area (Å²) < 4.78 is 12.9. The summed E-state index contributed by atoms with van der Waals surface area (Å²) in [6.07, 6.45) is 1.49. The number of hydrogen-bond donors (Lipinski definition) is 1. The van der Waals surface area contributed by atoms with Gasteiger partial charge in [0.2, 0.25) is 0 Å². The first-order valence-corrected chi connectivity index (χ1v) is 7.92. The number of nitrogens with zero attached hydrogens (tertiary/aromatic N) is 1. The maximum Gasteiger partial charge on any atom is 0.252 e. The average molecular weight is 332 g/mol. The number of halogens is 1. The van der Waals surface area contributed by atoms with E-state index in [4.69, 9.17) is 0 Å². The predicted molar refractivity (Wildman–Crippen MR) is 96.9 cm³/mol. The van der Waals surface area contributed by atoms with Crippen LogP contribution in [0.3, 0.4) is 0 Å². The Labute approximate surface area is 145 Å². The highest BCUT2D eigenvalue weighted by atomic mass is 19.1. The molecule has 3 nitrogen and oxygen atoms in total. The molecule has 4 heteroatoms. The van der Waals surface area contributed by atoms with Gasteiger partial charge in [-0.2, -0.15) is 5.10 Å². The minimum atomic E-state index is -0.451. The molecule has 3 aromatic carbocycles. The van der Waals surface area contributed by atoms with Crippen LogP contribution in [0.25, 0.3) is 0 Å². The van der Waals surface area contributed by atoms with Crippen LogP contribution in [-0.2, 0) is 4.79 Å². The number of nitrogens with one attached hydrogen (secondary N) is 1. The Hall–Kier alpha value is -3.27. The van der Waals surface area contributed by atoms with Crippen molar-refractivity contribution in [2.24, 2.45) is 5.10 Å². The van der Waals surface area contributed by atoms with E-state index in [1.54, 1.807) is 12.1 Å². The molecule has 0 aromatic heterocycles. The molecule has 0 aliphatic heterocycles. The number of hydrogen-bond acceptors (Lipinski definition) is 2. The van der Waals surface area contributed by atoms with Gasteiger partial charge in [0, 0.05) is 0 Å². The fourth-order valence-electron chi connectivity index (χ4n) is 2.57. The van der Waals surface area contributed by atoms with Gasteiger partial charge < -0.3 is 0 Å². The Morgan fingerprint density at radius 3 is 1.88 bits per heavy atom. The molecular weight excluding hydrogens is 315 g/mol. The number of carbonyl (C=O) groups is 1. The molecule has 3 aromatic rings. The van der Waals surface area contributed by atoms with Crippen molar-refractivity contribution in [3.8, 4) is 0 Å². The van der Waals surface area contributed by atoms with Gasteiger partial charge in [-0.25, -0.2) is 9.82 Å². The molecule has 0 fully saturated rings. The Balaban J connectivity index is 1.79. The van der Waals surface area contributed by atoms with Crippen LogP contribution in [-0.4, -0.2) is 12.1 Å². The van der Waals surface area contributed by atoms with Crippen molar-refractivity contribution in [2.75, 3.05) is 0 Å². The minimum Gasteiger partial charge on any atom is -0.272 e. The Morgan fingerprint density at radius 2 is 1.36 bits per heavy atom. The van der Waals surface area contributed by atoms with Gasteiger partial charge in [-0.15, -0.1) is 0 Å². The van der Waals surface area contributed by atoms with E-state index < -0.39 is 5.92 Å². The maximum absolute atomic E-state index is 12.9. The predicted octanol–water partition coefficient (Wildman–Crippen LogP) is 4.11. The first kappa shape index (κ1) is 16.6. The van der Waals surface area contributed by atoms with Crippen LogP contribution >= 0.6 is 0 Å². The first-order valence-electron chi connectivity index (χ1n) is 7.92. The Bertz CT molecular complexity index is 807. The summed E-state index contributed by atoms with van der Waals surface area (Å²) >= 11 is 0. The van der Waals surface area contributed by atoms with E-state index in [-0.39, 0.29) is 11.7 Å². The van der Waals surface area contributed by atoms with E-state index in [2.05, 4.69) is 10.5 Å². The lowest BCUT2D eigenvalue weighted by atomic mass is 9.91. The average Bonchev–Trinajstić information content (AvgIpc) is 2.65. The molecule has 0 aliphatic rings. The topological polar surface area (TPSA) is 41.5 Å². The fraction of sp³-hybridized carbons (Fsp3) is 0.0476. The number of rotatable bonds is 5. The van der Waals surface area contributed by atoms with Crippen LogP contribution < -0.4 is 5.43 Å². The molecule has 0 aliphatic carbocycles. The molecule has 0 spiro atoms. The van der Waals surface area contributed by atoms with E-state index >= 15 is 0 Å². The maximum atomic E-state index is 12.9. The molecule has 0 saturated heterocycles. The summed E-state index contributed by atoms with van der Waals surface area (Å²) in [6, 6.07) is 25.0. The standard InChI is InChI=1S/C21H17FN2O/c22-19-13-11-16(12-14-19)15-23-24-21(25)20(17-7-3-1-4-8-17)18-9-5-2-6-10-18/h1-15,20H,(H,24,25)/b23-15+. The summed E-state index contributed by atoms with van der Waals surface area (Å²) in [5.74, 6) is -0.988. The third-order valence-electron chi connectivity index (χ3n) is 3.79. The zero-order valence-electron chi connectivity index (χ0n) is 13.5. The van der Waals surface area contributed by atoms with Crippen molar-refractivity contribution in [2.45, 2.75) is 5.92 Å². The molecular formula is C21H17FN2O. The van der Waals surface area contributed by atoms with Crippen LogP contribution in [0.1, 0.15) is 22.6 Å². The van der Waals surface area contributed by atoms with Crippen molar-refractivity contribution in [3.63, 3.8) is 0 Å². The highest BCUT2D eigenvalue weighted by Gasteiger charge is 2.22. The van der Waals surface area contributed by atoms with Gasteiger partial charge in [0.1, 0.15) is 5.82 Å². The van der Waals surface area contributed by atoms with Crippen LogP contribution in [0.2, 0.25) is 0 Å². The van der Waals surface area contributed by atoms with Crippen LogP contribution in [0.4, 0.5) is 4.39 Å². The van der Waals surface area contributed by atoms with Gasteiger partial charge in [-0.05, 0) is 28.8 Å². The molecule has 1 amide bonds. The molecule has 1 N–H and O–H groups in total. The summed E-state index contributed by atoms with van der Waals surface area (Å²) in [7, 11) is 0. The van der Waals surface area contributed by atoms with E-state index in [1.165, 1.54) is 18.3 Å². The summed E-state index contributed by atoms with van der Waals surface area (Å²) in [4.78, 5) is 12.7. The van der Waals surface area contributed by atoms with Gasteiger partial charge in [0.25, 0.3) is 5.91 Å². The van der Waals surface area contributed by atoms with E-state index in [0.29, 0.717) is 5.56 Å². The normalized spacial score (nSPS) is 11.0. The number of benzene rings is 3. The Morgan fingerprint density at radius 1 is 0.840 bits per heavy atom. The molecule has 25 heavy (non-hydrogen) atoms. The quantitative estimate of drug-likeness (QED) is 0.554. The minimum absolute atomic E-state index is 0.226. The molecule has 0 saturated carbocycles. The summed E-state index contributed by atoms with van der Waals surface area (Å²) in [5.41, 5.74) is 5.07. The second-order valence-corrected chi connectivity index (χ2v) is 5.54. The van der Waals surface area contributed by atoms with E-state index in [9.17, 15) is 9.18 Å². The third-order valence-corrected chi connectivity index (χ3v) is 3.79. The van der Waals surface area contributed by atoms with Crippen molar-refractivity contribution < 1.29 is 9.18 Å². The fourth-order valence-corrected chi connectivity index (χ4v) is 2.57. The molecule has 0 bridgehead atoms. The lowest BCUT2D eigenvalue weighted by molar-refractivity contribution is -0.121. The largest absolute Gasteiger partial charge is 0.272 e. The second kappa shape index (κ2) is 8.02. The third kappa shape index (κ3) is 4.38. The lowest BCUT2D eigenvalue weighted by Crippen LogP contribution is -2.26. The zero-order chi connectivity index (χ0) is 17.5. The molecule has 0 unspecified atom stereocenters.